The van der Waals surface area contributed by atoms with Gasteiger partial charge in [-0.1, -0.05) is 0 Å². The lowest BCUT2D eigenvalue weighted by atomic mass is 10.2. The summed E-state index contributed by atoms with van der Waals surface area (Å²) in [6.45, 7) is 0. The second-order valence-corrected chi connectivity index (χ2v) is 3.07. The third kappa shape index (κ3) is 1.47. The summed E-state index contributed by atoms with van der Waals surface area (Å²) in [5, 5.41) is 12.8. The molecule has 2 aromatic rings. The second-order valence-electron chi connectivity index (χ2n) is 3.07. The van der Waals surface area contributed by atoms with Gasteiger partial charge >= 0.3 is 5.97 Å². The Morgan fingerprint density at radius 2 is 2.40 bits per heavy atom. The minimum absolute atomic E-state index is 0.231. The van der Waals surface area contributed by atoms with E-state index in [4.69, 9.17) is 5.11 Å². The van der Waals surface area contributed by atoms with Crippen LogP contribution < -0.4 is 5.56 Å². The maximum atomic E-state index is 11.5. The first-order valence-corrected chi connectivity index (χ1v) is 4.20. The van der Waals surface area contributed by atoms with E-state index in [1.165, 1.54) is 11.0 Å². The van der Waals surface area contributed by atoms with Gasteiger partial charge in [0.05, 0.1) is 18.4 Å². The van der Waals surface area contributed by atoms with Crippen LogP contribution in [-0.2, 0) is 18.3 Å². The van der Waals surface area contributed by atoms with Crippen molar-refractivity contribution in [2.45, 2.75) is 6.42 Å². The summed E-state index contributed by atoms with van der Waals surface area (Å²) in [4.78, 5) is 28.3. The molecule has 2 heterocycles. The molecule has 0 aliphatic heterocycles. The molecular formula is C8H8N4O3. The van der Waals surface area contributed by atoms with Crippen molar-refractivity contribution < 1.29 is 9.90 Å². The summed E-state index contributed by atoms with van der Waals surface area (Å²) >= 11 is 0. The summed E-state index contributed by atoms with van der Waals surface area (Å²) < 4.78 is 1.39. The molecule has 2 rings (SSSR count). The Bertz CT molecular complexity index is 583. The fraction of sp³-hybridized carbons (Fsp3) is 0.250. The first-order valence-electron chi connectivity index (χ1n) is 4.20. The van der Waals surface area contributed by atoms with E-state index < -0.39 is 5.97 Å². The van der Waals surface area contributed by atoms with Gasteiger partial charge in [-0.3, -0.25) is 9.59 Å². The highest BCUT2D eigenvalue weighted by Gasteiger charge is 2.15. The highest BCUT2D eigenvalue weighted by atomic mass is 16.4. The van der Waals surface area contributed by atoms with E-state index in [1.54, 1.807) is 7.05 Å². The number of carboxylic acids is 1. The lowest BCUT2D eigenvalue weighted by Crippen LogP contribution is -2.09. The van der Waals surface area contributed by atoms with Gasteiger partial charge in [-0.2, -0.15) is 5.10 Å². The molecule has 0 bridgehead atoms. The lowest BCUT2D eigenvalue weighted by Gasteiger charge is -1.90. The molecule has 0 atom stereocenters. The van der Waals surface area contributed by atoms with Crippen LogP contribution in [0.4, 0.5) is 0 Å². The number of fused-ring (bicyclic) bond motifs is 1. The Balaban J connectivity index is 2.75. The molecule has 0 amide bonds. The second kappa shape index (κ2) is 3.19. The van der Waals surface area contributed by atoms with Crippen molar-refractivity contribution in [3.8, 4) is 0 Å². The molecule has 7 nitrogen and oxygen atoms in total. The van der Waals surface area contributed by atoms with E-state index in [9.17, 15) is 9.59 Å². The fourth-order valence-corrected chi connectivity index (χ4v) is 1.44. The summed E-state index contributed by atoms with van der Waals surface area (Å²) in [5.41, 5.74) is 0.244. The van der Waals surface area contributed by atoms with E-state index in [0.717, 1.165) is 0 Å². The zero-order valence-corrected chi connectivity index (χ0v) is 7.89. The normalized spacial score (nSPS) is 10.7. The maximum absolute atomic E-state index is 11.5. The zero-order chi connectivity index (χ0) is 11.0. The van der Waals surface area contributed by atoms with Crippen LogP contribution in [0.25, 0.3) is 11.0 Å². The Labute approximate surface area is 83.4 Å². The van der Waals surface area contributed by atoms with Crippen LogP contribution in [0.3, 0.4) is 0 Å². The molecule has 0 radical (unpaired) electrons. The maximum Gasteiger partial charge on any atom is 0.309 e. The average Bonchev–Trinajstić information content (AvgIpc) is 2.44. The van der Waals surface area contributed by atoms with Crippen molar-refractivity contribution in [1.29, 1.82) is 0 Å². The number of aromatic nitrogens is 4. The molecular weight excluding hydrogens is 200 g/mol. The highest BCUT2D eigenvalue weighted by Crippen LogP contribution is 2.10. The average molecular weight is 208 g/mol. The Morgan fingerprint density at radius 3 is 3.07 bits per heavy atom. The molecule has 0 saturated carbocycles. The number of hydrogen-bond acceptors (Lipinski definition) is 4. The first kappa shape index (κ1) is 9.38. The van der Waals surface area contributed by atoms with Crippen molar-refractivity contribution in [1.82, 2.24) is 19.7 Å². The minimum Gasteiger partial charge on any atom is -0.481 e. The molecule has 78 valence electrons. The summed E-state index contributed by atoms with van der Waals surface area (Å²) in [5.74, 6) is -1.03. The van der Waals surface area contributed by atoms with Gasteiger partial charge in [0.2, 0.25) is 0 Å². The highest BCUT2D eigenvalue weighted by molar-refractivity contribution is 5.82. The predicted octanol–water partition coefficient (Wildman–Crippen LogP) is -0.716. The molecule has 2 N–H and O–H groups in total. The molecule has 0 aliphatic carbocycles. The number of H-pyrrole nitrogens is 1. The minimum atomic E-state index is -1.03. The largest absolute Gasteiger partial charge is 0.481 e. The first-order chi connectivity index (χ1) is 7.09. The third-order valence-corrected chi connectivity index (χ3v) is 2.02. The van der Waals surface area contributed by atoms with Crippen molar-refractivity contribution in [3.05, 3.63) is 22.4 Å². The summed E-state index contributed by atoms with van der Waals surface area (Å²) in [6, 6.07) is 0. The molecule has 2 aromatic heterocycles. The zero-order valence-electron chi connectivity index (χ0n) is 7.89. The van der Waals surface area contributed by atoms with Crippen LogP contribution in [0, 0.1) is 0 Å². The molecule has 15 heavy (non-hydrogen) atoms. The SMILES string of the molecule is Cn1nc(CC(=O)O)c2c(=O)[nH]cnc21. The van der Waals surface area contributed by atoms with E-state index in [1.807, 2.05) is 0 Å². The molecule has 0 aromatic carbocycles. The van der Waals surface area contributed by atoms with E-state index >= 15 is 0 Å². The van der Waals surface area contributed by atoms with Crippen LogP contribution in [-0.4, -0.2) is 30.8 Å². The van der Waals surface area contributed by atoms with Gasteiger partial charge in [0, 0.05) is 7.05 Å². The topological polar surface area (TPSA) is 101 Å². The summed E-state index contributed by atoms with van der Waals surface area (Å²) in [6.07, 6.45) is 0.975. The van der Waals surface area contributed by atoms with Gasteiger partial charge in [0.15, 0.2) is 5.65 Å². The number of rotatable bonds is 2. The van der Waals surface area contributed by atoms with E-state index in [2.05, 4.69) is 15.1 Å². The molecule has 0 fully saturated rings. The van der Waals surface area contributed by atoms with Gasteiger partial charge in [-0.25, -0.2) is 9.67 Å². The number of aryl methyl sites for hydroxylation is 1. The van der Waals surface area contributed by atoms with Crippen molar-refractivity contribution in [2.75, 3.05) is 0 Å². The van der Waals surface area contributed by atoms with Gasteiger partial charge in [0.25, 0.3) is 5.56 Å². The molecule has 7 heteroatoms. The smallest absolute Gasteiger partial charge is 0.309 e. The van der Waals surface area contributed by atoms with Gasteiger partial charge in [0.1, 0.15) is 5.39 Å². The Kier molecular flexibility index (Phi) is 2.00. The van der Waals surface area contributed by atoms with Crippen molar-refractivity contribution in [3.63, 3.8) is 0 Å². The van der Waals surface area contributed by atoms with Crippen molar-refractivity contribution in [2.24, 2.45) is 7.05 Å². The van der Waals surface area contributed by atoms with E-state index in [0.29, 0.717) is 5.65 Å². The lowest BCUT2D eigenvalue weighted by molar-refractivity contribution is -0.136. The Hall–Kier alpha value is -2.18. The predicted molar refractivity (Wildman–Crippen MR) is 50.5 cm³/mol. The Morgan fingerprint density at radius 1 is 1.67 bits per heavy atom. The van der Waals surface area contributed by atoms with Crippen molar-refractivity contribution >= 4 is 17.0 Å². The van der Waals surface area contributed by atoms with Gasteiger partial charge in [-0.05, 0) is 0 Å². The quantitative estimate of drug-likeness (QED) is 0.678. The number of aliphatic carboxylic acids is 1. The monoisotopic (exact) mass is 208 g/mol. The van der Waals surface area contributed by atoms with Crippen LogP contribution in [0.15, 0.2) is 11.1 Å². The standard InChI is InChI=1S/C8H8N4O3/c1-12-7-6(8(15)10-3-9-7)4(11-12)2-5(13)14/h3H,2H2,1H3,(H,13,14)(H,9,10,15). The number of carbonyl (C=O) groups is 1. The van der Waals surface area contributed by atoms with Gasteiger partial charge in [-0.15, -0.1) is 0 Å². The number of carboxylic acid groups (broad SMARTS) is 1. The van der Waals surface area contributed by atoms with Crippen LogP contribution in [0.5, 0.6) is 0 Å². The third-order valence-electron chi connectivity index (χ3n) is 2.02. The number of aromatic amines is 1. The summed E-state index contributed by atoms with van der Waals surface area (Å²) in [7, 11) is 1.61. The number of nitrogens with one attached hydrogen (secondary N) is 1. The molecule has 0 spiro atoms. The van der Waals surface area contributed by atoms with Crippen LogP contribution in [0.2, 0.25) is 0 Å². The van der Waals surface area contributed by atoms with Gasteiger partial charge < -0.3 is 10.1 Å². The van der Waals surface area contributed by atoms with E-state index in [-0.39, 0.29) is 23.1 Å². The molecule has 0 saturated heterocycles. The number of nitrogens with zero attached hydrogens (tertiary/aromatic N) is 3. The van der Waals surface area contributed by atoms with Crippen LogP contribution in [0.1, 0.15) is 5.69 Å². The fourth-order valence-electron chi connectivity index (χ4n) is 1.44. The molecule has 0 aliphatic rings. The van der Waals surface area contributed by atoms with Crippen LogP contribution >= 0.6 is 0 Å². The molecule has 0 unspecified atom stereocenters. The number of hydrogen-bond donors (Lipinski definition) is 2.